The Kier molecular flexibility index (Phi) is 13.1. The van der Waals surface area contributed by atoms with Gasteiger partial charge in [-0.3, -0.25) is 4.79 Å². The maximum absolute atomic E-state index is 11.7. The van der Waals surface area contributed by atoms with Gasteiger partial charge in [-0.25, -0.2) is 9.97 Å². The quantitative estimate of drug-likeness (QED) is 0.113. The first-order chi connectivity index (χ1) is 23.4. The van der Waals surface area contributed by atoms with Gasteiger partial charge >= 0.3 is 0 Å². The second kappa shape index (κ2) is 17.2. The SMILES string of the molecule is CCNc1ncc(Oc2cc(C#N)c(OC)cc2C(C)C)c(N)n1.CCNc1ncc(Oc2cc(C(N)=O)c(OC)cc2C(C)C)c(N)n1. The summed E-state index contributed by atoms with van der Waals surface area (Å²) in [4.78, 5) is 28.3. The Balaban J connectivity index is 0.000000266. The topological polar surface area (TPSA) is 231 Å². The number of nitrogens with one attached hydrogen (secondary N) is 2. The summed E-state index contributed by atoms with van der Waals surface area (Å²) in [7, 11) is 3.02. The van der Waals surface area contributed by atoms with Crippen molar-refractivity contribution in [3.8, 4) is 40.6 Å². The summed E-state index contributed by atoms with van der Waals surface area (Å²) < 4.78 is 22.3. The van der Waals surface area contributed by atoms with Crippen molar-refractivity contribution in [3.05, 3.63) is 58.9 Å². The van der Waals surface area contributed by atoms with Gasteiger partial charge in [-0.1, -0.05) is 27.7 Å². The van der Waals surface area contributed by atoms with Crippen molar-refractivity contribution < 1.29 is 23.7 Å². The van der Waals surface area contributed by atoms with Crippen molar-refractivity contribution >= 4 is 29.4 Å². The second-order valence-electron chi connectivity index (χ2n) is 11.1. The van der Waals surface area contributed by atoms with Crippen molar-refractivity contribution in [2.24, 2.45) is 5.73 Å². The van der Waals surface area contributed by atoms with Gasteiger partial charge in [0.2, 0.25) is 11.9 Å². The molecule has 4 aromatic rings. The van der Waals surface area contributed by atoms with Gasteiger partial charge in [0.15, 0.2) is 23.1 Å². The average Bonchev–Trinajstić information content (AvgIpc) is 3.07. The van der Waals surface area contributed by atoms with E-state index in [0.29, 0.717) is 65.0 Å². The van der Waals surface area contributed by atoms with E-state index in [-0.39, 0.29) is 29.0 Å². The van der Waals surface area contributed by atoms with Gasteiger partial charge in [0.25, 0.3) is 5.91 Å². The van der Waals surface area contributed by atoms with E-state index in [0.717, 1.165) is 11.1 Å². The molecular formula is C34H44N10O5. The average molecular weight is 673 g/mol. The smallest absolute Gasteiger partial charge is 0.252 e. The molecule has 0 unspecified atom stereocenters. The van der Waals surface area contributed by atoms with Gasteiger partial charge in [0.1, 0.15) is 29.1 Å². The number of carbonyl (C=O) groups excluding carboxylic acids is 1. The van der Waals surface area contributed by atoms with Crippen LogP contribution in [0.1, 0.15) is 80.4 Å². The third kappa shape index (κ3) is 9.50. The monoisotopic (exact) mass is 672 g/mol. The molecule has 49 heavy (non-hydrogen) atoms. The molecule has 2 aromatic carbocycles. The molecule has 0 saturated carbocycles. The number of nitrogens with two attached hydrogens (primary N) is 3. The summed E-state index contributed by atoms with van der Waals surface area (Å²) in [6, 6.07) is 8.84. The lowest BCUT2D eigenvalue weighted by Crippen LogP contribution is -2.13. The van der Waals surface area contributed by atoms with Crippen LogP contribution in [0.2, 0.25) is 0 Å². The Labute approximate surface area is 286 Å². The molecule has 15 heteroatoms. The number of methoxy groups -OCH3 is 2. The second-order valence-corrected chi connectivity index (χ2v) is 11.1. The van der Waals surface area contributed by atoms with E-state index in [1.165, 1.54) is 26.6 Å². The Morgan fingerprint density at radius 3 is 1.57 bits per heavy atom. The highest BCUT2D eigenvalue weighted by Crippen LogP contribution is 2.38. The largest absolute Gasteiger partial charge is 0.496 e. The maximum Gasteiger partial charge on any atom is 0.252 e. The lowest BCUT2D eigenvalue weighted by atomic mass is 9.99. The van der Waals surface area contributed by atoms with E-state index in [9.17, 15) is 10.1 Å². The number of hydrogen-bond donors (Lipinski definition) is 5. The van der Waals surface area contributed by atoms with E-state index in [2.05, 4.69) is 36.6 Å². The molecule has 2 heterocycles. The molecule has 0 fully saturated rings. The van der Waals surface area contributed by atoms with Gasteiger partial charge in [-0.05, 0) is 43.9 Å². The number of nitrogen functional groups attached to an aromatic ring is 2. The van der Waals surface area contributed by atoms with Crippen LogP contribution in [0.4, 0.5) is 23.5 Å². The molecule has 0 aliphatic rings. The molecule has 4 rings (SSSR count). The number of primary amides is 1. The number of carbonyl (C=O) groups is 1. The van der Waals surface area contributed by atoms with Gasteiger partial charge in [-0.2, -0.15) is 15.2 Å². The van der Waals surface area contributed by atoms with Crippen LogP contribution in [0, 0.1) is 11.3 Å². The number of hydrogen-bond acceptors (Lipinski definition) is 14. The molecule has 0 bridgehead atoms. The van der Waals surface area contributed by atoms with Crippen LogP contribution >= 0.6 is 0 Å². The van der Waals surface area contributed by atoms with Crippen LogP contribution in [0.25, 0.3) is 0 Å². The summed E-state index contributed by atoms with van der Waals surface area (Å²) in [5.74, 6) is 3.50. The predicted molar refractivity (Wildman–Crippen MR) is 189 cm³/mol. The van der Waals surface area contributed by atoms with Crippen LogP contribution in [-0.2, 0) is 0 Å². The van der Waals surface area contributed by atoms with Gasteiger partial charge in [-0.15, -0.1) is 0 Å². The molecule has 0 aliphatic carbocycles. The van der Waals surface area contributed by atoms with Gasteiger partial charge < -0.3 is 46.8 Å². The molecule has 15 nitrogen and oxygen atoms in total. The highest BCUT2D eigenvalue weighted by molar-refractivity contribution is 5.96. The zero-order valence-electron chi connectivity index (χ0n) is 29.0. The van der Waals surface area contributed by atoms with E-state index >= 15 is 0 Å². The fraction of sp³-hybridized carbons (Fsp3) is 0.353. The fourth-order valence-corrected chi connectivity index (χ4v) is 4.50. The van der Waals surface area contributed by atoms with Crippen LogP contribution in [0.5, 0.6) is 34.5 Å². The minimum atomic E-state index is -0.608. The number of nitriles is 1. The molecule has 2 aromatic heterocycles. The molecule has 8 N–H and O–H groups in total. The van der Waals surface area contributed by atoms with Crippen LogP contribution < -0.4 is 46.8 Å². The molecule has 1 amide bonds. The number of anilines is 4. The third-order valence-corrected chi connectivity index (χ3v) is 6.97. The Bertz CT molecular complexity index is 1810. The minimum Gasteiger partial charge on any atom is -0.496 e. The van der Waals surface area contributed by atoms with Crippen molar-refractivity contribution in [1.82, 2.24) is 19.9 Å². The van der Waals surface area contributed by atoms with E-state index < -0.39 is 5.91 Å². The molecule has 0 spiro atoms. The standard InChI is InChI=1S/C17H23N5O3.C17H21N5O2/c1-5-20-17-21-8-14(15(18)22-17)25-13-7-11(16(19)23)12(24-4)6-10(13)9(2)3;1-5-20-17-21-9-15(16(19)22-17)24-14-6-11(8-18)13(23-4)7-12(14)10(2)3/h6-9H,5H2,1-4H3,(H2,19,23)(H3,18,20,21,22);6-7,9-10H,5H2,1-4H3,(H3,19,20,21,22). The first-order valence-electron chi connectivity index (χ1n) is 15.6. The first-order valence-corrected chi connectivity index (χ1v) is 15.6. The number of nitrogens with zero attached hydrogens (tertiary/aromatic N) is 5. The summed E-state index contributed by atoms with van der Waals surface area (Å²) in [5.41, 5.74) is 19.7. The number of aromatic nitrogens is 4. The van der Waals surface area contributed by atoms with Gasteiger partial charge in [0.05, 0.1) is 37.7 Å². The van der Waals surface area contributed by atoms with Crippen LogP contribution in [0.15, 0.2) is 36.7 Å². The molecule has 0 aliphatic heterocycles. The first kappa shape index (κ1) is 37.4. The summed E-state index contributed by atoms with van der Waals surface area (Å²) in [5, 5.41) is 15.2. The van der Waals surface area contributed by atoms with E-state index in [1.807, 2.05) is 47.6 Å². The van der Waals surface area contributed by atoms with Gasteiger partial charge in [0, 0.05) is 30.3 Å². The molecule has 0 atom stereocenters. The number of amides is 1. The van der Waals surface area contributed by atoms with Crippen molar-refractivity contribution in [2.75, 3.05) is 49.4 Å². The molecule has 0 saturated heterocycles. The predicted octanol–water partition coefficient (Wildman–Crippen LogP) is 5.80. The summed E-state index contributed by atoms with van der Waals surface area (Å²) in [6.07, 6.45) is 3.00. The highest BCUT2D eigenvalue weighted by atomic mass is 16.5. The third-order valence-electron chi connectivity index (χ3n) is 6.97. The fourth-order valence-electron chi connectivity index (χ4n) is 4.50. The molecular weight excluding hydrogens is 628 g/mol. The molecule has 260 valence electrons. The zero-order valence-corrected chi connectivity index (χ0v) is 29.0. The van der Waals surface area contributed by atoms with Crippen molar-refractivity contribution in [2.45, 2.75) is 53.4 Å². The molecule has 0 radical (unpaired) electrons. The highest BCUT2D eigenvalue weighted by Gasteiger charge is 2.20. The van der Waals surface area contributed by atoms with Crippen LogP contribution in [-0.4, -0.2) is 53.2 Å². The Morgan fingerprint density at radius 1 is 0.755 bits per heavy atom. The van der Waals surface area contributed by atoms with Crippen LogP contribution in [0.3, 0.4) is 0 Å². The number of ether oxygens (including phenoxy) is 4. The summed E-state index contributed by atoms with van der Waals surface area (Å²) in [6.45, 7) is 13.3. The van der Waals surface area contributed by atoms with E-state index in [4.69, 9.17) is 36.1 Å². The Morgan fingerprint density at radius 2 is 1.20 bits per heavy atom. The number of rotatable bonds is 13. The Hall–Kier alpha value is -6.04. The van der Waals surface area contributed by atoms with Crippen molar-refractivity contribution in [1.29, 1.82) is 5.26 Å². The lowest BCUT2D eigenvalue weighted by Gasteiger charge is -2.17. The van der Waals surface area contributed by atoms with E-state index in [1.54, 1.807) is 18.2 Å². The maximum atomic E-state index is 11.7. The zero-order chi connectivity index (χ0) is 36.2. The summed E-state index contributed by atoms with van der Waals surface area (Å²) >= 11 is 0. The number of benzene rings is 2. The minimum absolute atomic E-state index is 0.119. The normalized spacial score (nSPS) is 10.5. The van der Waals surface area contributed by atoms with Crippen molar-refractivity contribution in [3.63, 3.8) is 0 Å². The lowest BCUT2D eigenvalue weighted by molar-refractivity contribution is 0.0997.